The lowest BCUT2D eigenvalue weighted by molar-refractivity contribution is -0.142. The normalized spacial score (nSPS) is 17.6. The Morgan fingerprint density at radius 1 is 1.48 bits per heavy atom. The smallest absolute Gasteiger partial charge is 0.328 e. The van der Waals surface area contributed by atoms with E-state index in [2.05, 4.69) is 20.0 Å². The second-order valence-electron chi connectivity index (χ2n) is 5.86. The second kappa shape index (κ2) is 6.92. The minimum atomic E-state index is -0.786. The van der Waals surface area contributed by atoms with E-state index in [1.54, 1.807) is 30.3 Å². The van der Waals surface area contributed by atoms with E-state index >= 15 is 0 Å². The van der Waals surface area contributed by atoms with E-state index in [1.807, 2.05) is 0 Å². The molecule has 1 aromatic carbocycles. The quantitative estimate of drug-likeness (QED) is 0.829. The van der Waals surface area contributed by atoms with Crippen molar-refractivity contribution in [2.75, 3.05) is 13.7 Å². The first-order valence-electron chi connectivity index (χ1n) is 7.94. The van der Waals surface area contributed by atoms with Gasteiger partial charge in [0.15, 0.2) is 0 Å². The van der Waals surface area contributed by atoms with Crippen LogP contribution in [0.5, 0.6) is 0 Å². The second-order valence-corrected chi connectivity index (χ2v) is 5.86. The molecule has 0 radical (unpaired) electrons. The number of methoxy groups -OCH3 is 1. The Hall–Kier alpha value is -2.90. The molecule has 3 rings (SSSR count). The van der Waals surface area contributed by atoms with Gasteiger partial charge in [-0.05, 0) is 24.6 Å². The van der Waals surface area contributed by atoms with Gasteiger partial charge in [0.25, 0.3) is 0 Å². The fourth-order valence-electron chi connectivity index (χ4n) is 3.01. The highest BCUT2D eigenvalue weighted by molar-refractivity contribution is 5.83. The minimum Gasteiger partial charge on any atom is -0.467 e. The van der Waals surface area contributed by atoms with Gasteiger partial charge in [-0.2, -0.15) is 0 Å². The zero-order valence-corrected chi connectivity index (χ0v) is 14.0. The third kappa shape index (κ3) is 3.33. The average Bonchev–Trinajstić information content (AvgIpc) is 3.08. The van der Waals surface area contributed by atoms with Crippen molar-refractivity contribution >= 4 is 12.0 Å². The number of aromatic nitrogens is 2. The van der Waals surface area contributed by atoms with Gasteiger partial charge in [0.1, 0.15) is 17.9 Å². The highest BCUT2D eigenvalue weighted by Crippen LogP contribution is 2.33. The maximum Gasteiger partial charge on any atom is 0.328 e. The molecule has 0 saturated carbocycles. The standard InChI is InChI=1S/C17H19FN4O3/c1-10(16(23)25-2)21-17(24)22-7-6-13-14(20-9-19-13)15(22)11-4-3-5-12(18)8-11/h3-5,8-10,15H,6-7H2,1-2H3,(H,19,20)(H,21,24)/t10-,15+/m1/s1. The van der Waals surface area contributed by atoms with Crippen LogP contribution in [0.4, 0.5) is 9.18 Å². The molecule has 132 valence electrons. The van der Waals surface area contributed by atoms with Gasteiger partial charge in [-0.15, -0.1) is 0 Å². The number of H-pyrrole nitrogens is 1. The van der Waals surface area contributed by atoms with Crippen LogP contribution in [0.15, 0.2) is 30.6 Å². The minimum absolute atomic E-state index is 0.386. The number of carbonyl (C=O) groups excluding carboxylic acids is 2. The zero-order chi connectivity index (χ0) is 18.0. The van der Waals surface area contributed by atoms with Crippen molar-refractivity contribution < 1.29 is 18.7 Å². The number of hydrogen-bond donors (Lipinski definition) is 2. The Balaban J connectivity index is 1.92. The molecule has 2 aromatic rings. The molecule has 0 aliphatic carbocycles. The average molecular weight is 346 g/mol. The van der Waals surface area contributed by atoms with Crippen LogP contribution in [-0.4, -0.2) is 46.6 Å². The van der Waals surface area contributed by atoms with Crippen molar-refractivity contribution in [3.8, 4) is 0 Å². The van der Waals surface area contributed by atoms with Gasteiger partial charge in [-0.1, -0.05) is 12.1 Å². The van der Waals surface area contributed by atoms with Crippen LogP contribution < -0.4 is 5.32 Å². The molecule has 8 heteroatoms. The number of urea groups is 1. The van der Waals surface area contributed by atoms with Crippen LogP contribution in [0.25, 0.3) is 0 Å². The Morgan fingerprint density at radius 3 is 3.00 bits per heavy atom. The Labute approximate surface area is 144 Å². The fraction of sp³-hybridized carbons (Fsp3) is 0.353. The van der Waals surface area contributed by atoms with Gasteiger partial charge < -0.3 is 19.9 Å². The first-order valence-corrected chi connectivity index (χ1v) is 7.94. The lowest BCUT2D eigenvalue weighted by Gasteiger charge is -2.35. The summed E-state index contributed by atoms with van der Waals surface area (Å²) in [7, 11) is 1.26. The Kier molecular flexibility index (Phi) is 4.69. The van der Waals surface area contributed by atoms with E-state index < -0.39 is 24.1 Å². The predicted octanol–water partition coefficient (Wildman–Crippen LogP) is 1.77. The number of fused-ring (bicyclic) bond motifs is 1. The number of aromatic amines is 1. The molecule has 7 nitrogen and oxygen atoms in total. The van der Waals surface area contributed by atoms with E-state index in [0.717, 1.165) is 5.69 Å². The monoisotopic (exact) mass is 346 g/mol. The molecule has 2 N–H and O–H groups in total. The molecular formula is C17H19FN4O3. The van der Waals surface area contributed by atoms with Gasteiger partial charge in [0.2, 0.25) is 0 Å². The van der Waals surface area contributed by atoms with Crippen molar-refractivity contribution in [2.45, 2.75) is 25.4 Å². The molecule has 25 heavy (non-hydrogen) atoms. The molecule has 0 bridgehead atoms. The number of nitrogens with one attached hydrogen (secondary N) is 2. The SMILES string of the molecule is COC(=O)[C@@H](C)NC(=O)N1CCc2[nH]cnc2[C@@H]1c1cccc(F)c1. The molecule has 0 unspecified atom stereocenters. The maximum atomic E-state index is 13.7. The zero-order valence-electron chi connectivity index (χ0n) is 14.0. The van der Waals surface area contributed by atoms with Crippen LogP contribution >= 0.6 is 0 Å². The number of halogens is 1. The first-order chi connectivity index (χ1) is 12.0. The highest BCUT2D eigenvalue weighted by Gasteiger charge is 2.35. The third-order valence-corrected chi connectivity index (χ3v) is 4.24. The van der Waals surface area contributed by atoms with Crippen molar-refractivity contribution in [3.05, 3.63) is 53.4 Å². The number of nitrogens with zero attached hydrogens (tertiary/aromatic N) is 2. The summed E-state index contributed by atoms with van der Waals surface area (Å²) in [5.41, 5.74) is 2.21. The predicted molar refractivity (Wildman–Crippen MR) is 87.3 cm³/mol. The summed E-state index contributed by atoms with van der Waals surface area (Å²) in [6.45, 7) is 1.96. The van der Waals surface area contributed by atoms with Gasteiger partial charge in [-0.3, -0.25) is 0 Å². The molecule has 2 atom stereocenters. The molecule has 0 saturated heterocycles. The summed E-state index contributed by atoms with van der Waals surface area (Å²) in [6, 6.07) is 4.34. The Bertz CT molecular complexity index is 792. The number of amides is 2. The molecular weight excluding hydrogens is 327 g/mol. The first kappa shape index (κ1) is 16.9. The summed E-state index contributed by atoms with van der Waals surface area (Å²) in [5.74, 6) is -0.920. The summed E-state index contributed by atoms with van der Waals surface area (Å²) in [6.07, 6.45) is 2.16. The number of hydrogen-bond acceptors (Lipinski definition) is 4. The largest absolute Gasteiger partial charge is 0.467 e. The third-order valence-electron chi connectivity index (χ3n) is 4.24. The lowest BCUT2D eigenvalue weighted by Crippen LogP contribution is -2.50. The van der Waals surface area contributed by atoms with Crippen LogP contribution in [0, 0.1) is 5.82 Å². The number of esters is 1. The molecule has 1 aromatic heterocycles. The summed E-state index contributed by atoms with van der Waals surface area (Å²) < 4.78 is 18.3. The van der Waals surface area contributed by atoms with Gasteiger partial charge in [-0.25, -0.2) is 19.0 Å². The highest BCUT2D eigenvalue weighted by atomic mass is 19.1. The number of rotatable bonds is 3. The molecule has 1 aliphatic rings. The van der Waals surface area contributed by atoms with E-state index in [4.69, 9.17) is 0 Å². The number of carbonyl (C=O) groups is 2. The van der Waals surface area contributed by atoms with Crippen molar-refractivity contribution in [1.82, 2.24) is 20.2 Å². The lowest BCUT2D eigenvalue weighted by atomic mass is 9.96. The van der Waals surface area contributed by atoms with Crippen molar-refractivity contribution in [2.24, 2.45) is 0 Å². The van der Waals surface area contributed by atoms with Crippen LogP contribution in [-0.2, 0) is 16.0 Å². The van der Waals surface area contributed by atoms with Crippen LogP contribution in [0.3, 0.4) is 0 Å². The van der Waals surface area contributed by atoms with Gasteiger partial charge >= 0.3 is 12.0 Å². The van der Waals surface area contributed by atoms with Gasteiger partial charge in [0, 0.05) is 18.7 Å². The van der Waals surface area contributed by atoms with E-state index in [1.165, 1.54) is 19.2 Å². The summed E-state index contributed by atoms with van der Waals surface area (Å²) >= 11 is 0. The van der Waals surface area contributed by atoms with Crippen molar-refractivity contribution in [3.63, 3.8) is 0 Å². The van der Waals surface area contributed by atoms with Crippen molar-refractivity contribution in [1.29, 1.82) is 0 Å². The van der Waals surface area contributed by atoms with E-state index in [0.29, 0.717) is 24.2 Å². The molecule has 2 heterocycles. The fourth-order valence-corrected chi connectivity index (χ4v) is 3.01. The number of ether oxygens (including phenoxy) is 1. The topological polar surface area (TPSA) is 87.3 Å². The van der Waals surface area contributed by atoms with Crippen LogP contribution in [0.2, 0.25) is 0 Å². The number of benzene rings is 1. The summed E-state index contributed by atoms with van der Waals surface area (Å²) in [4.78, 5) is 33.2. The van der Waals surface area contributed by atoms with E-state index in [-0.39, 0.29) is 5.82 Å². The Morgan fingerprint density at radius 2 is 2.28 bits per heavy atom. The molecule has 0 spiro atoms. The summed E-state index contributed by atoms with van der Waals surface area (Å²) in [5, 5.41) is 2.62. The van der Waals surface area contributed by atoms with E-state index in [9.17, 15) is 14.0 Å². The molecule has 1 aliphatic heterocycles. The van der Waals surface area contributed by atoms with Crippen LogP contribution in [0.1, 0.15) is 29.9 Å². The molecule has 0 fully saturated rings. The number of imidazole rings is 1. The maximum absolute atomic E-state index is 13.7. The molecule has 2 amide bonds. The van der Waals surface area contributed by atoms with Gasteiger partial charge in [0.05, 0.1) is 19.1 Å².